The molecule has 3 aromatic heterocycles. The quantitative estimate of drug-likeness (QED) is 0.159. The third-order valence-corrected chi connectivity index (χ3v) is 11.7. The van der Waals surface area contributed by atoms with E-state index >= 15 is 0 Å². The average Bonchev–Trinajstić information content (AvgIpc) is 3.75. The zero-order valence-corrected chi connectivity index (χ0v) is 30.0. The predicted molar refractivity (Wildman–Crippen MR) is 196 cm³/mol. The Labute approximate surface area is 297 Å². The highest BCUT2D eigenvalue weighted by Crippen LogP contribution is 2.44. The van der Waals surface area contributed by atoms with E-state index in [0.29, 0.717) is 55.7 Å². The Kier molecular flexibility index (Phi) is 8.86. The highest BCUT2D eigenvalue weighted by Gasteiger charge is 2.30. The topological polar surface area (TPSA) is 85.3 Å². The van der Waals surface area contributed by atoms with Gasteiger partial charge in [0.2, 0.25) is 0 Å². The molecule has 0 fully saturated rings. The average molecular weight is 714 g/mol. The van der Waals surface area contributed by atoms with Crippen molar-refractivity contribution < 1.29 is 19.0 Å². The van der Waals surface area contributed by atoms with Crippen LogP contribution in [0.4, 0.5) is 0 Å². The Hall–Kier alpha value is -3.90. The predicted octanol–water partition coefficient (Wildman–Crippen LogP) is 7.95. The minimum absolute atomic E-state index is 0.382. The molecule has 2 aliphatic rings. The molecule has 8 rings (SSSR count). The second-order valence-electron chi connectivity index (χ2n) is 12.4. The summed E-state index contributed by atoms with van der Waals surface area (Å²) >= 11 is 10.7. The number of benzene rings is 3. The Balaban J connectivity index is 1.27. The normalized spacial score (nSPS) is 15.4. The Bertz CT molecular complexity index is 2240. The van der Waals surface area contributed by atoms with Crippen molar-refractivity contribution in [1.82, 2.24) is 24.1 Å². The molecule has 0 unspecified atom stereocenters. The summed E-state index contributed by atoms with van der Waals surface area (Å²) in [7, 11) is 5.36. The van der Waals surface area contributed by atoms with Crippen LogP contribution in [0.1, 0.15) is 45.2 Å². The van der Waals surface area contributed by atoms with E-state index in [1.807, 2.05) is 41.5 Å². The molecule has 0 N–H and O–H groups in total. The summed E-state index contributed by atoms with van der Waals surface area (Å²) < 4.78 is 23.8. The summed E-state index contributed by atoms with van der Waals surface area (Å²) in [6.07, 6.45) is 1.32. The van der Waals surface area contributed by atoms with E-state index in [9.17, 15) is 4.79 Å². The van der Waals surface area contributed by atoms with Gasteiger partial charge in [-0.15, -0.1) is 23.5 Å². The van der Waals surface area contributed by atoms with Gasteiger partial charge in [-0.1, -0.05) is 41.9 Å². The summed E-state index contributed by atoms with van der Waals surface area (Å²) in [4.78, 5) is 14.5. The first-order valence-electron chi connectivity index (χ1n) is 16.3. The van der Waals surface area contributed by atoms with E-state index in [0.717, 1.165) is 83.3 Å². The van der Waals surface area contributed by atoms with E-state index in [-0.39, 0.29) is 5.97 Å². The zero-order chi connectivity index (χ0) is 33.6. The number of hydrogen-bond acceptors (Lipinski definition) is 8. The number of rotatable bonds is 1. The summed E-state index contributed by atoms with van der Waals surface area (Å²) in [6.45, 7) is 2.20. The molecule has 12 heteroatoms. The van der Waals surface area contributed by atoms with Crippen LogP contribution in [0, 0.1) is 0 Å². The fourth-order valence-corrected chi connectivity index (χ4v) is 9.19. The second kappa shape index (κ2) is 13.4. The van der Waals surface area contributed by atoms with Crippen LogP contribution in [0.25, 0.3) is 32.8 Å². The second-order valence-corrected chi connectivity index (χ2v) is 14.8. The van der Waals surface area contributed by atoms with Gasteiger partial charge in [0.1, 0.15) is 11.4 Å². The van der Waals surface area contributed by atoms with Crippen LogP contribution >= 0.6 is 35.1 Å². The molecule has 252 valence electrons. The number of nitrogens with zero attached hydrogens (tertiary/aromatic N) is 5. The maximum atomic E-state index is 13.4. The molecular weight excluding hydrogens is 678 g/mol. The van der Waals surface area contributed by atoms with Gasteiger partial charge >= 0.3 is 5.97 Å². The van der Waals surface area contributed by atoms with Crippen LogP contribution in [0.3, 0.4) is 0 Å². The van der Waals surface area contributed by atoms with Crippen molar-refractivity contribution in [3.8, 4) is 16.9 Å². The molecule has 0 aliphatic carbocycles. The van der Waals surface area contributed by atoms with E-state index in [4.69, 9.17) is 36.0 Å². The molecule has 8 bridgehead atoms. The maximum Gasteiger partial charge on any atom is 0.354 e. The van der Waals surface area contributed by atoms with Gasteiger partial charge in [0.25, 0.3) is 0 Å². The van der Waals surface area contributed by atoms with Crippen LogP contribution in [0.2, 0.25) is 5.02 Å². The maximum absolute atomic E-state index is 13.4. The molecule has 0 radical (unpaired) electrons. The van der Waals surface area contributed by atoms with Crippen molar-refractivity contribution >= 4 is 62.8 Å². The van der Waals surface area contributed by atoms with Crippen molar-refractivity contribution in [1.29, 1.82) is 0 Å². The van der Waals surface area contributed by atoms with Crippen LogP contribution < -0.4 is 4.74 Å². The zero-order valence-electron chi connectivity index (χ0n) is 27.6. The number of methoxy groups -OCH3 is 1. The van der Waals surface area contributed by atoms with Gasteiger partial charge < -0.3 is 18.8 Å². The first kappa shape index (κ1) is 32.3. The highest BCUT2D eigenvalue weighted by atomic mass is 35.5. The Morgan fingerprint density at radius 1 is 0.980 bits per heavy atom. The van der Waals surface area contributed by atoms with Gasteiger partial charge in [0.05, 0.1) is 61.1 Å². The van der Waals surface area contributed by atoms with Gasteiger partial charge in [-0.3, -0.25) is 9.36 Å². The smallest absolute Gasteiger partial charge is 0.354 e. The van der Waals surface area contributed by atoms with Gasteiger partial charge in [0, 0.05) is 63.8 Å². The third kappa shape index (κ3) is 5.90. The number of halogens is 1. The number of thioether (sulfide) groups is 2. The lowest BCUT2D eigenvalue weighted by atomic mass is 9.98. The Morgan fingerprint density at radius 3 is 2.73 bits per heavy atom. The molecule has 49 heavy (non-hydrogen) atoms. The number of aryl methyl sites for hydroxylation is 3. The summed E-state index contributed by atoms with van der Waals surface area (Å²) in [5, 5.41) is 13.7. The van der Waals surface area contributed by atoms with Gasteiger partial charge in [-0.2, -0.15) is 10.2 Å². The number of ether oxygens (including phenoxy) is 3. The summed E-state index contributed by atoms with van der Waals surface area (Å²) in [5.74, 6) is 2.67. The minimum Gasteiger partial charge on any atom is -0.493 e. The number of esters is 1. The number of carbonyl (C=O) groups is 1. The SMILES string of the molecule is COC(=O)c1c2c3ccc(Cl)c(c3n1C)-c1c(nn3c1COCC3)CSCc1cc(n(C)n1)CSc1cc(c3ccccc3c1)OCCC2. The molecule has 0 saturated carbocycles. The first-order chi connectivity index (χ1) is 23.9. The molecule has 6 aromatic rings. The van der Waals surface area contributed by atoms with Crippen LogP contribution in [0.5, 0.6) is 5.75 Å². The Morgan fingerprint density at radius 2 is 1.86 bits per heavy atom. The number of carbonyl (C=O) groups excluding carboxylic acids is 1. The van der Waals surface area contributed by atoms with E-state index in [2.05, 4.69) is 41.1 Å². The minimum atomic E-state index is -0.382. The lowest BCUT2D eigenvalue weighted by molar-refractivity contribution is 0.0589. The van der Waals surface area contributed by atoms with Crippen molar-refractivity contribution in [2.75, 3.05) is 20.3 Å². The molecule has 3 aromatic carbocycles. The fourth-order valence-electron chi connectivity index (χ4n) is 7.11. The van der Waals surface area contributed by atoms with E-state index in [1.54, 1.807) is 23.5 Å². The molecule has 0 atom stereocenters. The standard InChI is InChI=1S/C37H36ClN5O4S2/c1-41-35-28-10-11-29(38)33(35)34-30(40-43-12-14-46-18-31(34)43)21-48-19-23-16-24(42(2)39-23)20-49-25-15-22-7-4-5-8-26(22)32(17-25)47-13-6-9-27(28)36(41)37(44)45-3/h4-5,7-8,10-11,15-17H,6,9,12-14,18-21H2,1-3H3. The van der Waals surface area contributed by atoms with Gasteiger partial charge in [-0.05, 0) is 48.1 Å². The molecule has 9 nitrogen and oxygen atoms in total. The van der Waals surface area contributed by atoms with Crippen molar-refractivity contribution in [3.63, 3.8) is 0 Å². The van der Waals surface area contributed by atoms with E-state index < -0.39 is 0 Å². The van der Waals surface area contributed by atoms with Crippen LogP contribution in [-0.4, -0.2) is 50.4 Å². The molecule has 0 spiro atoms. The largest absolute Gasteiger partial charge is 0.493 e. The van der Waals surface area contributed by atoms with Gasteiger partial charge in [0.15, 0.2) is 0 Å². The van der Waals surface area contributed by atoms with Crippen molar-refractivity contribution in [2.24, 2.45) is 14.1 Å². The lowest BCUT2D eigenvalue weighted by Crippen LogP contribution is -2.17. The number of fused-ring (bicyclic) bond motifs is 10. The molecule has 2 aliphatic heterocycles. The number of hydrogen-bond donors (Lipinski definition) is 0. The molecule has 5 heterocycles. The first-order valence-corrected chi connectivity index (χ1v) is 18.9. The summed E-state index contributed by atoms with van der Waals surface area (Å²) in [5.41, 5.74) is 8.30. The van der Waals surface area contributed by atoms with Gasteiger partial charge in [-0.25, -0.2) is 4.79 Å². The number of aromatic nitrogens is 5. The monoisotopic (exact) mass is 713 g/mol. The molecular formula is C37H36ClN5O4S2. The van der Waals surface area contributed by atoms with Crippen LogP contribution in [0.15, 0.2) is 59.5 Å². The third-order valence-electron chi connectivity index (χ3n) is 9.38. The fraction of sp³-hybridized carbons (Fsp3) is 0.324. The van der Waals surface area contributed by atoms with Crippen molar-refractivity contribution in [3.05, 3.63) is 93.7 Å². The lowest BCUT2D eigenvalue weighted by Gasteiger charge is -2.17. The summed E-state index contributed by atoms with van der Waals surface area (Å²) in [6, 6.07) is 18.9. The van der Waals surface area contributed by atoms with E-state index in [1.165, 1.54) is 7.11 Å². The molecule has 0 saturated heterocycles. The van der Waals surface area contributed by atoms with Crippen LogP contribution in [-0.2, 0) is 60.4 Å². The molecule has 0 amide bonds. The highest BCUT2D eigenvalue weighted by molar-refractivity contribution is 7.98. The van der Waals surface area contributed by atoms with Crippen molar-refractivity contribution in [2.45, 2.75) is 48.1 Å².